The third kappa shape index (κ3) is 10.2. The van der Waals surface area contributed by atoms with Gasteiger partial charge in [0.15, 0.2) is 0 Å². The summed E-state index contributed by atoms with van der Waals surface area (Å²) in [6.07, 6.45) is -0.150. The number of carbonyl (C=O) groups is 3. The topological polar surface area (TPSA) is 161 Å². The van der Waals surface area contributed by atoms with E-state index in [1.807, 2.05) is 20.8 Å². The van der Waals surface area contributed by atoms with Gasteiger partial charge in [0.05, 0.1) is 0 Å². The molecule has 1 unspecified atom stereocenters. The Labute approximate surface area is 160 Å². The number of carbonyl (C=O) groups excluding carboxylic acids is 1. The highest BCUT2D eigenvalue weighted by molar-refractivity contribution is 6.60. The van der Waals surface area contributed by atoms with Gasteiger partial charge in [-0.1, -0.05) is 0 Å². The summed E-state index contributed by atoms with van der Waals surface area (Å²) in [6.45, 7) is 6.82. The first kappa shape index (κ1) is 25.3. The number of aliphatic carboxylic acids is 2. The lowest BCUT2D eigenvalue weighted by molar-refractivity contribution is -0.145. The third-order valence-corrected chi connectivity index (χ3v) is 6.67. The molecule has 0 aromatic rings. The monoisotopic (exact) mass is 409 g/mol. The third-order valence-electron chi connectivity index (χ3n) is 3.52. The summed E-state index contributed by atoms with van der Waals surface area (Å²) < 4.78 is 17.2. The zero-order valence-corrected chi connectivity index (χ0v) is 17.1. The molecule has 12 heteroatoms. The Morgan fingerprint density at radius 3 is 1.96 bits per heavy atom. The van der Waals surface area contributed by atoms with Gasteiger partial charge in [0.1, 0.15) is 6.04 Å². The van der Waals surface area contributed by atoms with Crippen LogP contribution in [0.1, 0.15) is 40.0 Å². The number of hydrazine groups is 1. The van der Waals surface area contributed by atoms with Crippen molar-refractivity contribution in [2.75, 3.05) is 26.4 Å². The molecule has 0 aliphatic heterocycles. The molecule has 1 atom stereocenters. The van der Waals surface area contributed by atoms with Gasteiger partial charge < -0.3 is 29.2 Å². The molecule has 158 valence electrons. The van der Waals surface area contributed by atoms with E-state index >= 15 is 0 Å². The van der Waals surface area contributed by atoms with E-state index < -0.39 is 32.8 Å². The second-order valence-electron chi connectivity index (χ2n) is 5.54. The summed E-state index contributed by atoms with van der Waals surface area (Å²) >= 11 is 0. The van der Waals surface area contributed by atoms with Crippen LogP contribution in [0.4, 0.5) is 4.79 Å². The van der Waals surface area contributed by atoms with Crippen molar-refractivity contribution < 1.29 is 37.9 Å². The van der Waals surface area contributed by atoms with Crippen molar-refractivity contribution in [2.24, 2.45) is 5.73 Å². The Bertz CT molecular complexity index is 463. The first-order valence-electron chi connectivity index (χ1n) is 8.90. The van der Waals surface area contributed by atoms with E-state index in [1.165, 1.54) is 0 Å². The quantitative estimate of drug-likeness (QED) is 0.212. The standard InChI is InChI=1S/C15H31N3O8Si/c1-4-24-27(25-5-2,26-6-3)11-7-10-18(17-15(16)23)12(14(21)22)8-9-13(19)20/h12H,4-11H2,1-3H3,(H,19,20)(H,21,22)(H3,16,17,23). The van der Waals surface area contributed by atoms with Crippen molar-refractivity contribution in [3.63, 3.8) is 0 Å². The van der Waals surface area contributed by atoms with E-state index in [0.29, 0.717) is 32.3 Å². The van der Waals surface area contributed by atoms with E-state index in [9.17, 15) is 19.5 Å². The summed E-state index contributed by atoms with van der Waals surface area (Å²) in [6, 6.07) is -1.75. The Balaban J connectivity index is 5.12. The van der Waals surface area contributed by atoms with Gasteiger partial charge in [-0.2, -0.15) is 0 Å². The number of primary amides is 1. The van der Waals surface area contributed by atoms with Crippen LogP contribution in [0.15, 0.2) is 0 Å². The number of carboxylic acid groups (broad SMARTS) is 2. The average molecular weight is 410 g/mol. The van der Waals surface area contributed by atoms with Crippen LogP contribution in [0.2, 0.25) is 6.04 Å². The molecular formula is C15H31N3O8Si. The number of nitrogens with one attached hydrogen (secondary N) is 1. The van der Waals surface area contributed by atoms with Crippen molar-refractivity contribution in [3.8, 4) is 0 Å². The van der Waals surface area contributed by atoms with E-state index in [0.717, 1.165) is 5.01 Å². The van der Waals surface area contributed by atoms with E-state index in [-0.39, 0.29) is 19.4 Å². The molecule has 0 rings (SSSR count). The molecule has 0 aliphatic rings. The second kappa shape index (κ2) is 13.4. The van der Waals surface area contributed by atoms with Gasteiger partial charge in [0.25, 0.3) is 0 Å². The number of nitrogens with two attached hydrogens (primary N) is 1. The highest BCUT2D eigenvalue weighted by Crippen LogP contribution is 2.19. The first-order valence-corrected chi connectivity index (χ1v) is 10.8. The molecule has 0 saturated carbocycles. The second-order valence-corrected chi connectivity index (χ2v) is 8.27. The molecule has 0 spiro atoms. The molecule has 11 nitrogen and oxygen atoms in total. The maximum atomic E-state index is 11.5. The zero-order valence-electron chi connectivity index (χ0n) is 16.1. The fraction of sp³-hybridized carbons (Fsp3) is 0.800. The van der Waals surface area contributed by atoms with Crippen LogP contribution >= 0.6 is 0 Å². The van der Waals surface area contributed by atoms with Crippen molar-refractivity contribution in [2.45, 2.75) is 52.1 Å². The summed E-state index contributed by atoms with van der Waals surface area (Å²) in [4.78, 5) is 33.5. The summed E-state index contributed by atoms with van der Waals surface area (Å²) in [7, 11) is -2.91. The molecule has 2 amide bonds. The maximum Gasteiger partial charge on any atom is 0.500 e. The van der Waals surface area contributed by atoms with Gasteiger partial charge in [-0.3, -0.25) is 15.0 Å². The Morgan fingerprint density at radius 1 is 1.07 bits per heavy atom. The molecule has 0 aromatic heterocycles. The van der Waals surface area contributed by atoms with Crippen LogP contribution in [-0.4, -0.2) is 74.4 Å². The largest absolute Gasteiger partial charge is 0.500 e. The highest BCUT2D eigenvalue weighted by Gasteiger charge is 2.40. The maximum absolute atomic E-state index is 11.5. The van der Waals surface area contributed by atoms with Crippen molar-refractivity contribution in [1.29, 1.82) is 0 Å². The number of carboxylic acids is 2. The lowest BCUT2D eigenvalue weighted by Gasteiger charge is -2.31. The molecule has 0 saturated heterocycles. The van der Waals surface area contributed by atoms with Crippen LogP contribution in [0, 0.1) is 0 Å². The molecule has 0 aliphatic carbocycles. The van der Waals surface area contributed by atoms with Gasteiger partial charge >= 0.3 is 26.8 Å². The summed E-state index contributed by atoms with van der Waals surface area (Å²) in [5.41, 5.74) is 7.38. The number of amides is 2. The van der Waals surface area contributed by atoms with Crippen molar-refractivity contribution >= 4 is 26.8 Å². The summed E-state index contributed by atoms with van der Waals surface area (Å²) in [5.74, 6) is -2.39. The number of hydrogen-bond donors (Lipinski definition) is 4. The lowest BCUT2D eigenvalue weighted by Crippen LogP contribution is -2.54. The molecule has 0 radical (unpaired) electrons. The fourth-order valence-corrected chi connectivity index (χ4v) is 5.16. The van der Waals surface area contributed by atoms with Gasteiger partial charge in [0.2, 0.25) is 0 Å². The first-order chi connectivity index (χ1) is 12.7. The zero-order chi connectivity index (χ0) is 20.9. The highest BCUT2D eigenvalue weighted by atomic mass is 28.4. The average Bonchev–Trinajstić information content (AvgIpc) is 2.54. The molecule has 0 bridgehead atoms. The number of hydrogen-bond acceptors (Lipinski definition) is 7. The molecule has 5 N–H and O–H groups in total. The van der Waals surface area contributed by atoms with Crippen molar-refractivity contribution in [3.05, 3.63) is 0 Å². The molecule has 27 heavy (non-hydrogen) atoms. The minimum atomic E-state index is -2.91. The lowest BCUT2D eigenvalue weighted by atomic mass is 10.1. The SMILES string of the molecule is CCO[Si](CCCN(NC(N)=O)C(CCC(=O)O)C(=O)O)(OCC)OCC. The van der Waals surface area contributed by atoms with E-state index in [2.05, 4.69) is 5.43 Å². The molecule has 0 heterocycles. The minimum absolute atomic E-state index is 0.113. The molecule has 0 aromatic carbocycles. The fourth-order valence-electron chi connectivity index (χ4n) is 2.57. The Kier molecular flexibility index (Phi) is 12.6. The van der Waals surface area contributed by atoms with Gasteiger partial charge in [0, 0.05) is 38.8 Å². The predicted molar refractivity (Wildman–Crippen MR) is 97.8 cm³/mol. The Morgan fingerprint density at radius 2 is 1.59 bits per heavy atom. The number of urea groups is 1. The van der Waals surface area contributed by atoms with Crippen LogP contribution in [0.3, 0.4) is 0 Å². The normalized spacial score (nSPS) is 12.7. The van der Waals surface area contributed by atoms with Gasteiger partial charge in [-0.05, 0) is 33.6 Å². The number of rotatable bonds is 16. The van der Waals surface area contributed by atoms with Crippen molar-refractivity contribution in [1.82, 2.24) is 10.4 Å². The van der Waals surface area contributed by atoms with Crippen LogP contribution in [-0.2, 0) is 22.9 Å². The van der Waals surface area contributed by atoms with Gasteiger partial charge in [-0.15, -0.1) is 0 Å². The van der Waals surface area contributed by atoms with E-state index in [1.54, 1.807) is 0 Å². The van der Waals surface area contributed by atoms with Crippen LogP contribution in [0.25, 0.3) is 0 Å². The molecular weight excluding hydrogens is 378 g/mol. The van der Waals surface area contributed by atoms with Crippen LogP contribution in [0.5, 0.6) is 0 Å². The molecule has 0 fully saturated rings. The summed E-state index contributed by atoms with van der Waals surface area (Å²) in [5, 5.41) is 19.3. The van der Waals surface area contributed by atoms with Crippen LogP contribution < -0.4 is 11.2 Å². The number of nitrogens with zero attached hydrogens (tertiary/aromatic N) is 1. The minimum Gasteiger partial charge on any atom is -0.481 e. The smallest absolute Gasteiger partial charge is 0.481 e. The van der Waals surface area contributed by atoms with E-state index in [4.69, 9.17) is 24.1 Å². The predicted octanol–water partition coefficient (Wildman–Crippen LogP) is 0.628. The Hall–Kier alpha value is -1.73. The van der Waals surface area contributed by atoms with Gasteiger partial charge in [-0.25, -0.2) is 9.80 Å².